The topological polar surface area (TPSA) is 73.9 Å². The molecule has 1 atom stereocenters. The number of nitrogens with one attached hydrogen (secondary N) is 1. The Kier molecular flexibility index (Phi) is 7.04. The molecule has 0 aromatic heterocycles. The smallest absolute Gasteiger partial charge is 0.344 e. The van der Waals surface area contributed by atoms with Gasteiger partial charge in [-0.3, -0.25) is 4.79 Å². The van der Waals surface area contributed by atoms with Gasteiger partial charge in [0, 0.05) is 0 Å². The molecular weight excluding hydrogens is 358 g/mol. The maximum absolute atomic E-state index is 12.2. The molecule has 0 spiro atoms. The van der Waals surface area contributed by atoms with E-state index in [1.165, 1.54) is 19.6 Å². The lowest BCUT2D eigenvalue weighted by Gasteiger charge is -2.19. The Morgan fingerprint density at radius 3 is 2.29 bits per heavy atom. The van der Waals surface area contributed by atoms with Crippen LogP contribution < -0.4 is 14.8 Å². The van der Waals surface area contributed by atoms with Crippen molar-refractivity contribution >= 4 is 17.6 Å². The highest BCUT2D eigenvalue weighted by molar-refractivity contribution is 5.96. The van der Waals surface area contributed by atoms with Crippen LogP contribution in [0.1, 0.15) is 33.3 Å². The van der Waals surface area contributed by atoms with E-state index in [4.69, 9.17) is 14.2 Å². The average Bonchev–Trinajstić information content (AvgIpc) is 2.66. The number of hydrogen-bond acceptors (Lipinski definition) is 5. The highest BCUT2D eigenvalue weighted by atomic mass is 16.6. The fraction of sp³-hybridized carbons (Fsp3) is 0.364. The van der Waals surface area contributed by atoms with Gasteiger partial charge in [-0.1, -0.05) is 45.0 Å². The van der Waals surface area contributed by atoms with Gasteiger partial charge in [0.1, 0.15) is 11.5 Å². The first-order chi connectivity index (χ1) is 13.2. The summed E-state index contributed by atoms with van der Waals surface area (Å²) in [6.07, 6.45) is -0.968. The summed E-state index contributed by atoms with van der Waals surface area (Å²) in [5.74, 6) is 0.0162. The summed E-state index contributed by atoms with van der Waals surface area (Å²) in [5, 5.41) is 2.68. The summed E-state index contributed by atoms with van der Waals surface area (Å²) in [5.41, 5.74) is 1.72. The number of benzene rings is 2. The van der Waals surface area contributed by atoms with E-state index in [0.29, 0.717) is 17.2 Å². The van der Waals surface area contributed by atoms with Crippen LogP contribution in [0, 0.1) is 0 Å². The zero-order chi connectivity index (χ0) is 20.7. The first-order valence-corrected chi connectivity index (χ1v) is 9.07. The van der Waals surface area contributed by atoms with Crippen molar-refractivity contribution in [2.24, 2.45) is 0 Å². The van der Waals surface area contributed by atoms with Crippen LogP contribution in [0.5, 0.6) is 11.5 Å². The zero-order valence-electron chi connectivity index (χ0n) is 16.9. The molecule has 0 radical (unpaired) electrons. The highest BCUT2D eigenvalue weighted by Gasteiger charge is 2.19. The Balaban J connectivity index is 1.84. The van der Waals surface area contributed by atoms with E-state index in [1.807, 2.05) is 24.3 Å². The van der Waals surface area contributed by atoms with Crippen molar-refractivity contribution in [3.8, 4) is 11.5 Å². The van der Waals surface area contributed by atoms with Crippen molar-refractivity contribution in [1.29, 1.82) is 0 Å². The summed E-state index contributed by atoms with van der Waals surface area (Å²) in [6.45, 7) is 7.59. The van der Waals surface area contributed by atoms with E-state index >= 15 is 0 Å². The maximum Gasteiger partial charge on any atom is 0.344 e. The van der Waals surface area contributed by atoms with E-state index in [2.05, 4.69) is 26.1 Å². The van der Waals surface area contributed by atoms with Gasteiger partial charge in [-0.15, -0.1) is 0 Å². The van der Waals surface area contributed by atoms with Gasteiger partial charge in [-0.05, 0) is 42.2 Å². The Bertz CT molecular complexity index is 808. The molecule has 0 aliphatic carbocycles. The van der Waals surface area contributed by atoms with Crippen LogP contribution in [0.4, 0.5) is 5.69 Å². The minimum atomic E-state index is -0.968. The second-order valence-corrected chi connectivity index (χ2v) is 7.38. The van der Waals surface area contributed by atoms with Crippen LogP contribution in [0.3, 0.4) is 0 Å². The van der Waals surface area contributed by atoms with Gasteiger partial charge in [-0.2, -0.15) is 0 Å². The summed E-state index contributed by atoms with van der Waals surface area (Å²) in [7, 11) is 1.51. The molecule has 1 N–H and O–H groups in total. The van der Waals surface area contributed by atoms with Gasteiger partial charge < -0.3 is 19.5 Å². The van der Waals surface area contributed by atoms with E-state index in [-0.39, 0.29) is 12.0 Å². The van der Waals surface area contributed by atoms with Crippen LogP contribution in [0.25, 0.3) is 0 Å². The van der Waals surface area contributed by atoms with Crippen molar-refractivity contribution in [1.82, 2.24) is 0 Å². The third-order valence-electron chi connectivity index (χ3n) is 4.12. The molecule has 0 saturated heterocycles. The molecule has 0 fully saturated rings. The third kappa shape index (κ3) is 6.01. The van der Waals surface area contributed by atoms with Gasteiger partial charge in [0.25, 0.3) is 5.91 Å². The first-order valence-electron chi connectivity index (χ1n) is 9.07. The Morgan fingerprint density at radius 2 is 1.68 bits per heavy atom. The number of rotatable bonds is 7. The third-order valence-corrected chi connectivity index (χ3v) is 4.12. The predicted molar refractivity (Wildman–Crippen MR) is 108 cm³/mol. The van der Waals surface area contributed by atoms with Crippen molar-refractivity contribution in [3.05, 3.63) is 54.1 Å². The Hall–Kier alpha value is -3.02. The summed E-state index contributed by atoms with van der Waals surface area (Å²) >= 11 is 0. The second-order valence-electron chi connectivity index (χ2n) is 7.38. The molecule has 0 aliphatic rings. The quantitative estimate of drug-likeness (QED) is 0.731. The summed E-state index contributed by atoms with van der Waals surface area (Å²) in [4.78, 5) is 24.2. The standard InChI is InChI=1S/C22H27NO5/c1-15(21(25)23-18-8-6-7-9-19(18)26-5)28-20(24)14-27-17-12-10-16(11-13-17)22(2,3)4/h6-13,15H,14H2,1-5H3,(H,23,25)/t15-/m0/s1. The van der Waals surface area contributed by atoms with Crippen molar-refractivity contribution in [2.75, 3.05) is 19.0 Å². The van der Waals surface area contributed by atoms with Gasteiger partial charge in [0.2, 0.25) is 0 Å². The van der Waals surface area contributed by atoms with Gasteiger partial charge >= 0.3 is 5.97 Å². The van der Waals surface area contributed by atoms with Crippen molar-refractivity contribution in [3.63, 3.8) is 0 Å². The van der Waals surface area contributed by atoms with Gasteiger partial charge in [-0.25, -0.2) is 4.79 Å². The number of anilines is 1. The van der Waals surface area contributed by atoms with Crippen LogP contribution >= 0.6 is 0 Å². The number of carbonyl (C=O) groups excluding carboxylic acids is 2. The predicted octanol–water partition coefficient (Wildman–Crippen LogP) is 3.94. The minimum Gasteiger partial charge on any atom is -0.495 e. The van der Waals surface area contributed by atoms with E-state index in [9.17, 15) is 9.59 Å². The van der Waals surface area contributed by atoms with E-state index in [1.54, 1.807) is 24.3 Å². The van der Waals surface area contributed by atoms with Gasteiger partial charge in [0.05, 0.1) is 12.8 Å². The van der Waals surface area contributed by atoms with E-state index in [0.717, 1.165) is 0 Å². The monoisotopic (exact) mass is 385 g/mol. The largest absolute Gasteiger partial charge is 0.495 e. The first kappa shape index (κ1) is 21.3. The van der Waals surface area contributed by atoms with E-state index < -0.39 is 18.0 Å². The lowest BCUT2D eigenvalue weighted by Crippen LogP contribution is -2.31. The molecule has 2 aromatic carbocycles. The molecule has 2 aromatic rings. The van der Waals surface area contributed by atoms with Crippen LogP contribution in [0.2, 0.25) is 0 Å². The Morgan fingerprint density at radius 1 is 1.04 bits per heavy atom. The fourth-order valence-electron chi connectivity index (χ4n) is 2.46. The highest BCUT2D eigenvalue weighted by Crippen LogP contribution is 2.25. The maximum atomic E-state index is 12.2. The average molecular weight is 385 g/mol. The number of para-hydroxylation sites is 2. The normalized spacial score (nSPS) is 12.0. The molecule has 0 saturated carbocycles. The molecule has 6 nitrogen and oxygen atoms in total. The molecule has 0 heterocycles. The summed E-state index contributed by atoms with van der Waals surface area (Å²) < 4.78 is 15.8. The fourth-order valence-corrected chi connectivity index (χ4v) is 2.46. The molecule has 2 rings (SSSR count). The number of hydrogen-bond donors (Lipinski definition) is 1. The van der Waals surface area contributed by atoms with Crippen LogP contribution in [0.15, 0.2) is 48.5 Å². The molecule has 150 valence electrons. The SMILES string of the molecule is COc1ccccc1NC(=O)[C@H](C)OC(=O)COc1ccc(C(C)(C)C)cc1. The molecular formula is C22H27NO5. The number of esters is 1. The van der Waals surface area contributed by atoms with Crippen LogP contribution in [-0.4, -0.2) is 31.7 Å². The molecule has 1 amide bonds. The minimum absolute atomic E-state index is 0.0433. The lowest BCUT2D eigenvalue weighted by atomic mass is 9.87. The molecule has 0 aliphatic heterocycles. The van der Waals surface area contributed by atoms with Crippen LogP contribution in [-0.2, 0) is 19.7 Å². The second kappa shape index (κ2) is 9.26. The lowest BCUT2D eigenvalue weighted by molar-refractivity contribution is -0.155. The van der Waals surface area contributed by atoms with Gasteiger partial charge in [0.15, 0.2) is 12.7 Å². The number of methoxy groups -OCH3 is 1. The number of carbonyl (C=O) groups is 2. The zero-order valence-corrected chi connectivity index (χ0v) is 16.9. The number of ether oxygens (including phenoxy) is 3. The Labute approximate surface area is 165 Å². The molecule has 0 unspecified atom stereocenters. The summed E-state index contributed by atoms with van der Waals surface area (Å²) in [6, 6.07) is 14.5. The molecule has 6 heteroatoms. The molecule has 28 heavy (non-hydrogen) atoms. The van der Waals surface area contributed by atoms with Crippen molar-refractivity contribution < 1.29 is 23.8 Å². The molecule has 0 bridgehead atoms. The number of amides is 1. The van der Waals surface area contributed by atoms with Crippen molar-refractivity contribution in [2.45, 2.75) is 39.2 Å².